The summed E-state index contributed by atoms with van der Waals surface area (Å²) in [6.07, 6.45) is 1.11. The molecule has 0 saturated heterocycles. The first-order valence-electron chi connectivity index (χ1n) is 5.44. The fourth-order valence-corrected chi connectivity index (χ4v) is 2.50. The zero-order valence-corrected chi connectivity index (χ0v) is 10.4. The maximum atomic E-state index is 10.1. The maximum absolute atomic E-state index is 10.1. The van der Waals surface area contributed by atoms with Gasteiger partial charge in [-0.1, -0.05) is 13.0 Å². The normalized spacial score (nSPS) is 12.9. The molecule has 16 heavy (non-hydrogen) atoms. The van der Waals surface area contributed by atoms with Crippen molar-refractivity contribution in [3.63, 3.8) is 0 Å². The van der Waals surface area contributed by atoms with Crippen molar-refractivity contribution in [2.75, 3.05) is 0 Å². The molecule has 2 rings (SSSR count). The van der Waals surface area contributed by atoms with Gasteiger partial charge >= 0.3 is 0 Å². The van der Waals surface area contributed by atoms with E-state index in [2.05, 4.69) is 12.0 Å². The smallest absolute Gasteiger partial charge is 0.100 e. The molecule has 0 amide bonds. The molecule has 3 nitrogen and oxygen atoms in total. The van der Waals surface area contributed by atoms with Gasteiger partial charge in [-0.15, -0.1) is 11.3 Å². The van der Waals surface area contributed by atoms with Crippen LogP contribution in [0.15, 0.2) is 23.6 Å². The summed E-state index contributed by atoms with van der Waals surface area (Å²) in [7, 11) is 1.88. The number of nitrogens with zero attached hydrogens (tertiary/aromatic N) is 2. The van der Waals surface area contributed by atoms with Crippen LogP contribution in [0, 0.1) is 0 Å². The third-order valence-corrected chi connectivity index (χ3v) is 3.54. The average molecular weight is 236 g/mol. The summed E-state index contributed by atoms with van der Waals surface area (Å²) in [5.41, 5.74) is 1.92. The van der Waals surface area contributed by atoms with Gasteiger partial charge in [0.15, 0.2) is 0 Å². The molecule has 2 aromatic heterocycles. The van der Waals surface area contributed by atoms with Crippen molar-refractivity contribution in [1.82, 2.24) is 9.78 Å². The summed E-state index contributed by atoms with van der Waals surface area (Å²) in [6, 6.07) is 6.04. The van der Waals surface area contributed by atoms with Crippen LogP contribution in [0.25, 0.3) is 0 Å². The highest BCUT2D eigenvalue weighted by molar-refractivity contribution is 7.09. The topological polar surface area (TPSA) is 38.0 Å². The van der Waals surface area contributed by atoms with E-state index in [-0.39, 0.29) is 0 Å². The van der Waals surface area contributed by atoms with Crippen molar-refractivity contribution in [1.29, 1.82) is 0 Å². The molecule has 4 heteroatoms. The lowest BCUT2D eigenvalue weighted by atomic mass is 10.1. The Morgan fingerprint density at radius 3 is 2.94 bits per heavy atom. The van der Waals surface area contributed by atoms with Crippen molar-refractivity contribution < 1.29 is 5.11 Å². The SMILES string of the molecule is CCc1cc(C(O)Cc2cccs2)n(C)n1. The molecule has 0 spiro atoms. The highest BCUT2D eigenvalue weighted by atomic mass is 32.1. The van der Waals surface area contributed by atoms with Crippen LogP contribution in [-0.4, -0.2) is 14.9 Å². The fraction of sp³-hybridized carbons (Fsp3) is 0.417. The number of hydrogen-bond acceptors (Lipinski definition) is 3. The highest BCUT2D eigenvalue weighted by Gasteiger charge is 2.14. The molecule has 0 radical (unpaired) electrons. The molecule has 0 aliphatic carbocycles. The van der Waals surface area contributed by atoms with Crippen molar-refractivity contribution in [2.45, 2.75) is 25.9 Å². The van der Waals surface area contributed by atoms with Gasteiger partial charge in [-0.2, -0.15) is 5.10 Å². The molecule has 2 aromatic rings. The Labute approximate surface area is 99.4 Å². The van der Waals surface area contributed by atoms with Gasteiger partial charge in [-0.25, -0.2) is 0 Å². The molecule has 0 aliphatic rings. The molecule has 0 bridgehead atoms. The molecular formula is C12H16N2OS. The van der Waals surface area contributed by atoms with Crippen LogP contribution in [0.2, 0.25) is 0 Å². The first kappa shape index (κ1) is 11.4. The molecule has 86 valence electrons. The summed E-state index contributed by atoms with van der Waals surface area (Å²) in [5.74, 6) is 0. The van der Waals surface area contributed by atoms with Crippen molar-refractivity contribution in [3.8, 4) is 0 Å². The largest absolute Gasteiger partial charge is 0.386 e. The molecule has 1 N–H and O–H groups in total. The number of thiophene rings is 1. The third-order valence-electron chi connectivity index (χ3n) is 2.64. The number of rotatable bonds is 4. The molecular weight excluding hydrogens is 220 g/mol. The van der Waals surface area contributed by atoms with Gasteiger partial charge in [0.05, 0.1) is 11.4 Å². The second kappa shape index (κ2) is 4.80. The Morgan fingerprint density at radius 1 is 1.56 bits per heavy atom. The predicted molar refractivity (Wildman–Crippen MR) is 65.6 cm³/mol. The lowest BCUT2D eigenvalue weighted by Gasteiger charge is -2.09. The van der Waals surface area contributed by atoms with Crippen LogP contribution >= 0.6 is 11.3 Å². The lowest BCUT2D eigenvalue weighted by Crippen LogP contribution is -2.07. The fourth-order valence-electron chi connectivity index (χ4n) is 1.75. The van der Waals surface area contributed by atoms with E-state index in [4.69, 9.17) is 0 Å². The van der Waals surface area contributed by atoms with E-state index >= 15 is 0 Å². The first-order chi connectivity index (χ1) is 7.70. The minimum absolute atomic E-state index is 0.462. The van der Waals surface area contributed by atoms with Crippen LogP contribution in [0.3, 0.4) is 0 Å². The lowest BCUT2D eigenvalue weighted by molar-refractivity contribution is 0.169. The number of aliphatic hydroxyl groups is 1. The molecule has 0 saturated carbocycles. The van der Waals surface area contributed by atoms with Crippen molar-refractivity contribution >= 4 is 11.3 Å². The Bertz CT molecular complexity index is 448. The van der Waals surface area contributed by atoms with Gasteiger partial charge < -0.3 is 5.11 Å². The van der Waals surface area contributed by atoms with Crippen LogP contribution in [0.5, 0.6) is 0 Å². The Morgan fingerprint density at radius 2 is 2.38 bits per heavy atom. The number of aryl methyl sites for hydroxylation is 2. The summed E-state index contributed by atoms with van der Waals surface area (Å²) in [5, 5.41) is 16.5. The molecule has 1 unspecified atom stereocenters. The summed E-state index contributed by atoms with van der Waals surface area (Å²) in [4.78, 5) is 1.20. The van der Waals surface area contributed by atoms with E-state index in [0.717, 1.165) is 17.8 Å². The third kappa shape index (κ3) is 2.33. The average Bonchev–Trinajstić information content (AvgIpc) is 2.87. The van der Waals surface area contributed by atoms with Crippen molar-refractivity contribution in [3.05, 3.63) is 39.8 Å². The predicted octanol–water partition coefficient (Wildman–Crippen LogP) is 2.32. The van der Waals surface area contributed by atoms with Gasteiger partial charge in [-0.3, -0.25) is 4.68 Å². The highest BCUT2D eigenvalue weighted by Crippen LogP contribution is 2.21. The molecule has 0 aliphatic heterocycles. The van der Waals surface area contributed by atoms with Gasteiger partial charge in [0, 0.05) is 18.3 Å². The zero-order chi connectivity index (χ0) is 11.5. The monoisotopic (exact) mass is 236 g/mol. The van der Waals surface area contributed by atoms with Gasteiger partial charge in [-0.05, 0) is 23.9 Å². The minimum atomic E-state index is -0.462. The van der Waals surface area contributed by atoms with Gasteiger partial charge in [0.1, 0.15) is 6.10 Å². The first-order valence-corrected chi connectivity index (χ1v) is 6.32. The maximum Gasteiger partial charge on any atom is 0.100 e. The standard InChI is InChI=1S/C12H16N2OS/c1-3-9-7-11(14(2)13-9)12(15)8-10-5-4-6-16-10/h4-7,12,15H,3,8H2,1-2H3. The van der Waals surface area contributed by atoms with E-state index in [9.17, 15) is 5.11 Å². The summed E-state index contributed by atoms with van der Waals surface area (Å²) < 4.78 is 1.77. The zero-order valence-electron chi connectivity index (χ0n) is 9.55. The molecule has 1 atom stereocenters. The van der Waals surface area contributed by atoms with Gasteiger partial charge in [0.2, 0.25) is 0 Å². The quantitative estimate of drug-likeness (QED) is 0.884. The van der Waals surface area contributed by atoms with E-state index in [0.29, 0.717) is 6.42 Å². The van der Waals surface area contributed by atoms with E-state index in [1.807, 2.05) is 30.6 Å². The Kier molecular flexibility index (Phi) is 3.41. The van der Waals surface area contributed by atoms with Crippen LogP contribution < -0.4 is 0 Å². The summed E-state index contributed by atoms with van der Waals surface area (Å²) >= 11 is 1.67. The Hall–Kier alpha value is -1.13. The van der Waals surface area contributed by atoms with Crippen molar-refractivity contribution in [2.24, 2.45) is 7.05 Å². The molecule has 0 aromatic carbocycles. The van der Waals surface area contributed by atoms with E-state index in [1.54, 1.807) is 16.0 Å². The van der Waals surface area contributed by atoms with E-state index < -0.39 is 6.10 Å². The second-order valence-corrected chi connectivity index (χ2v) is 4.87. The Balaban J connectivity index is 2.14. The number of aromatic nitrogens is 2. The van der Waals surface area contributed by atoms with E-state index in [1.165, 1.54) is 4.88 Å². The van der Waals surface area contributed by atoms with Crippen LogP contribution in [0.1, 0.15) is 29.3 Å². The number of aliphatic hydroxyl groups excluding tert-OH is 1. The number of hydrogen-bond donors (Lipinski definition) is 1. The summed E-state index contributed by atoms with van der Waals surface area (Å²) in [6.45, 7) is 2.07. The van der Waals surface area contributed by atoms with Crippen LogP contribution in [-0.2, 0) is 19.9 Å². The minimum Gasteiger partial charge on any atom is -0.386 e. The second-order valence-electron chi connectivity index (χ2n) is 3.84. The van der Waals surface area contributed by atoms with Crippen LogP contribution in [0.4, 0.5) is 0 Å². The molecule has 2 heterocycles. The molecule has 0 fully saturated rings. The van der Waals surface area contributed by atoms with Gasteiger partial charge in [0.25, 0.3) is 0 Å².